The zero-order chi connectivity index (χ0) is 24.3. The van der Waals surface area contributed by atoms with Gasteiger partial charge in [0.1, 0.15) is 12.1 Å². The first-order valence-corrected chi connectivity index (χ1v) is 13.3. The van der Waals surface area contributed by atoms with Crippen molar-refractivity contribution < 1.29 is 14.4 Å². The van der Waals surface area contributed by atoms with Gasteiger partial charge in [0.2, 0.25) is 17.7 Å². The van der Waals surface area contributed by atoms with Crippen LogP contribution in [0.3, 0.4) is 0 Å². The third kappa shape index (κ3) is 7.89. The number of allylic oxidation sites excluding steroid dienone is 1. The quantitative estimate of drug-likeness (QED) is 0.427. The molecule has 2 fully saturated rings. The molecular weight excluding hydrogens is 432 g/mol. The number of nitrogens with one attached hydrogen (secondary N) is 2. The molecule has 0 radical (unpaired) electrons. The van der Waals surface area contributed by atoms with Crippen molar-refractivity contribution in [2.24, 2.45) is 17.5 Å². The number of fused-ring (bicyclic) bond motifs is 1. The van der Waals surface area contributed by atoms with E-state index in [4.69, 9.17) is 11.6 Å². The maximum atomic E-state index is 13.3. The average Bonchev–Trinajstić information content (AvgIpc) is 3.32. The van der Waals surface area contributed by atoms with Crippen molar-refractivity contribution in [2.45, 2.75) is 102 Å². The Bertz CT molecular complexity index is 721. The third-order valence-corrected chi connectivity index (χ3v) is 7.41. The highest BCUT2D eigenvalue weighted by atomic mass is 16.2. The molecule has 6 N–H and O–H groups in total. The SMILES string of the molecule is N/C1=C\N(N)CCCCNC(=O)C(C2CCCCC2)NC(=O)C2CCCN2C(=O)CCCCC1. The van der Waals surface area contributed by atoms with E-state index in [2.05, 4.69) is 10.6 Å². The highest BCUT2D eigenvalue weighted by Gasteiger charge is 2.37. The van der Waals surface area contributed by atoms with Crippen LogP contribution in [0.25, 0.3) is 0 Å². The molecule has 3 amide bonds. The lowest BCUT2D eigenvalue weighted by atomic mass is 9.83. The van der Waals surface area contributed by atoms with E-state index in [0.29, 0.717) is 32.5 Å². The highest BCUT2D eigenvalue weighted by Crippen LogP contribution is 2.27. The first-order chi connectivity index (χ1) is 16.5. The van der Waals surface area contributed by atoms with Crippen LogP contribution in [-0.2, 0) is 14.4 Å². The molecule has 0 spiro atoms. The van der Waals surface area contributed by atoms with Crippen molar-refractivity contribution >= 4 is 17.7 Å². The molecule has 0 aromatic heterocycles. The molecule has 192 valence electrons. The second-order valence-corrected chi connectivity index (χ2v) is 10.1. The van der Waals surface area contributed by atoms with Gasteiger partial charge >= 0.3 is 0 Å². The number of nitrogens with zero attached hydrogens (tertiary/aromatic N) is 2. The van der Waals surface area contributed by atoms with Gasteiger partial charge < -0.3 is 26.3 Å². The minimum atomic E-state index is -0.537. The van der Waals surface area contributed by atoms with Crippen molar-refractivity contribution in [3.63, 3.8) is 0 Å². The number of hydrogen-bond donors (Lipinski definition) is 4. The lowest BCUT2D eigenvalue weighted by Crippen LogP contribution is -2.56. The molecule has 9 heteroatoms. The maximum absolute atomic E-state index is 13.3. The van der Waals surface area contributed by atoms with Crippen LogP contribution in [0.2, 0.25) is 0 Å². The van der Waals surface area contributed by atoms with E-state index in [9.17, 15) is 14.4 Å². The molecule has 0 aromatic carbocycles. The van der Waals surface area contributed by atoms with Gasteiger partial charge in [-0.15, -0.1) is 0 Å². The Labute approximate surface area is 204 Å². The van der Waals surface area contributed by atoms with Gasteiger partial charge in [-0.3, -0.25) is 14.4 Å². The molecule has 1 aliphatic carbocycles. The van der Waals surface area contributed by atoms with Crippen LogP contribution < -0.4 is 22.2 Å². The normalized spacial score (nSPS) is 29.6. The molecule has 0 aromatic rings. The first-order valence-electron chi connectivity index (χ1n) is 13.3. The van der Waals surface area contributed by atoms with Gasteiger partial charge in [0.05, 0.1) is 0 Å². The summed E-state index contributed by atoms with van der Waals surface area (Å²) in [6.45, 7) is 1.81. The molecule has 1 saturated heterocycles. The maximum Gasteiger partial charge on any atom is 0.243 e. The molecule has 3 aliphatic rings. The zero-order valence-electron chi connectivity index (χ0n) is 20.6. The summed E-state index contributed by atoms with van der Waals surface area (Å²) in [6, 6.07) is -1.00. The van der Waals surface area contributed by atoms with Crippen molar-refractivity contribution in [2.75, 3.05) is 19.6 Å². The Morgan fingerprint density at radius 2 is 1.53 bits per heavy atom. The largest absolute Gasteiger partial charge is 0.401 e. The van der Waals surface area contributed by atoms with Crippen LogP contribution in [-0.4, -0.2) is 59.3 Å². The highest BCUT2D eigenvalue weighted by molar-refractivity contribution is 5.92. The van der Waals surface area contributed by atoms with Crippen LogP contribution in [0.5, 0.6) is 0 Å². The van der Waals surface area contributed by atoms with E-state index >= 15 is 0 Å². The van der Waals surface area contributed by atoms with Gasteiger partial charge in [-0.1, -0.05) is 25.7 Å². The number of carbonyl (C=O) groups is 3. The standard InChI is InChI=1S/C25H44N6O3/c26-20-12-5-2-6-14-22(32)31-17-9-13-21(31)24(33)29-23(19-10-3-1-4-11-19)25(34)28-15-7-8-16-30(27)18-20/h18-19,21,23H,1-17,26-27H2,(H,28,34)(H,29,33)/b20-18-. The predicted molar refractivity (Wildman–Crippen MR) is 132 cm³/mol. The van der Waals surface area contributed by atoms with Gasteiger partial charge in [0.25, 0.3) is 0 Å². The van der Waals surface area contributed by atoms with Gasteiger partial charge in [-0.25, -0.2) is 5.84 Å². The minimum absolute atomic E-state index is 0.0300. The summed E-state index contributed by atoms with van der Waals surface area (Å²) in [5.41, 5.74) is 6.83. The fraction of sp³-hybridized carbons (Fsp3) is 0.800. The predicted octanol–water partition coefficient (Wildman–Crippen LogP) is 1.88. The van der Waals surface area contributed by atoms with Gasteiger partial charge in [-0.05, 0) is 63.7 Å². The molecule has 3 rings (SSSR count). The Hall–Kier alpha value is -2.29. The van der Waals surface area contributed by atoms with Crippen molar-refractivity contribution in [3.8, 4) is 0 Å². The monoisotopic (exact) mass is 476 g/mol. The van der Waals surface area contributed by atoms with Gasteiger partial charge in [-0.2, -0.15) is 0 Å². The van der Waals surface area contributed by atoms with E-state index in [0.717, 1.165) is 76.3 Å². The average molecular weight is 477 g/mol. The summed E-state index contributed by atoms with van der Waals surface area (Å²) in [5.74, 6) is 5.92. The topological polar surface area (TPSA) is 134 Å². The number of nitrogens with two attached hydrogens (primary N) is 2. The van der Waals surface area contributed by atoms with Crippen molar-refractivity contribution in [1.29, 1.82) is 0 Å². The number of carbonyl (C=O) groups excluding carboxylic acids is 3. The van der Waals surface area contributed by atoms with E-state index in [1.807, 2.05) is 0 Å². The summed E-state index contributed by atoms with van der Waals surface area (Å²) >= 11 is 0. The summed E-state index contributed by atoms with van der Waals surface area (Å²) in [4.78, 5) is 41.0. The fourth-order valence-electron chi connectivity index (χ4n) is 5.46. The van der Waals surface area contributed by atoms with Crippen LogP contribution in [0.4, 0.5) is 0 Å². The smallest absolute Gasteiger partial charge is 0.243 e. The molecule has 1 saturated carbocycles. The Balaban J connectivity index is 1.69. The van der Waals surface area contributed by atoms with Crippen LogP contribution >= 0.6 is 0 Å². The summed E-state index contributed by atoms with van der Waals surface area (Å²) in [6.07, 6.45) is 13.9. The van der Waals surface area contributed by atoms with Crippen molar-refractivity contribution in [3.05, 3.63) is 11.9 Å². The van der Waals surface area contributed by atoms with Gasteiger partial charge in [0.15, 0.2) is 0 Å². The van der Waals surface area contributed by atoms with Gasteiger partial charge in [0, 0.05) is 38.0 Å². The van der Waals surface area contributed by atoms with Crippen molar-refractivity contribution in [1.82, 2.24) is 20.5 Å². The molecule has 0 bridgehead atoms. The molecule has 2 unspecified atom stereocenters. The number of hydrazine groups is 1. The van der Waals surface area contributed by atoms with E-state index in [1.165, 1.54) is 6.42 Å². The zero-order valence-corrected chi connectivity index (χ0v) is 20.6. The molecule has 2 heterocycles. The lowest BCUT2D eigenvalue weighted by Gasteiger charge is -2.32. The second kappa shape index (κ2) is 13.6. The van der Waals surface area contributed by atoms with Crippen LogP contribution in [0.1, 0.15) is 89.9 Å². The number of rotatable bonds is 1. The lowest BCUT2D eigenvalue weighted by molar-refractivity contribution is -0.140. The van der Waals surface area contributed by atoms with E-state index in [-0.39, 0.29) is 23.6 Å². The van der Waals surface area contributed by atoms with E-state index in [1.54, 1.807) is 16.1 Å². The van der Waals surface area contributed by atoms with Crippen LogP contribution in [0, 0.1) is 5.92 Å². The fourth-order valence-corrected chi connectivity index (χ4v) is 5.46. The number of hydrogen-bond acceptors (Lipinski definition) is 6. The minimum Gasteiger partial charge on any atom is -0.401 e. The Morgan fingerprint density at radius 1 is 0.794 bits per heavy atom. The molecule has 34 heavy (non-hydrogen) atoms. The molecule has 9 nitrogen and oxygen atoms in total. The number of amides is 3. The van der Waals surface area contributed by atoms with Crippen LogP contribution in [0.15, 0.2) is 11.9 Å². The second-order valence-electron chi connectivity index (χ2n) is 10.1. The summed E-state index contributed by atoms with van der Waals surface area (Å²) in [5, 5.41) is 7.71. The summed E-state index contributed by atoms with van der Waals surface area (Å²) in [7, 11) is 0. The molecular formula is C25H44N6O3. The first kappa shape index (κ1) is 26.3. The Morgan fingerprint density at radius 3 is 2.32 bits per heavy atom. The molecule has 2 atom stereocenters. The Kier molecular flexibility index (Phi) is 10.5. The van der Waals surface area contributed by atoms with E-state index < -0.39 is 12.1 Å². The third-order valence-electron chi connectivity index (χ3n) is 7.41. The summed E-state index contributed by atoms with van der Waals surface area (Å²) < 4.78 is 0. The molecule has 2 aliphatic heterocycles.